The zero-order valence-electron chi connectivity index (χ0n) is 6.83. The standard InChI is InChI=1S/C8H13FO3/c9-4-7(10)3-6-5-12-2-1-8(6)11/h6-7,10H,1-5H2. The normalized spacial score (nSPS) is 27.2. The lowest BCUT2D eigenvalue weighted by molar-refractivity contribution is -0.132. The minimum atomic E-state index is -1.01. The number of aliphatic hydroxyl groups excluding tert-OH is 1. The summed E-state index contributed by atoms with van der Waals surface area (Å²) in [6.07, 6.45) is -0.431. The first-order valence-electron chi connectivity index (χ1n) is 4.08. The van der Waals surface area contributed by atoms with Gasteiger partial charge < -0.3 is 9.84 Å². The van der Waals surface area contributed by atoms with Crippen LogP contribution in [0.2, 0.25) is 0 Å². The van der Waals surface area contributed by atoms with E-state index in [1.807, 2.05) is 0 Å². The second-order valence-corrected chi connectivity index (χ2v) is 3.03. The fourth-order valence-electron chi connectivity index (χ4n) is 1.29. The average molecular weight is 176 g/mol. The molecule has 0 aromatic carbocycles. The SMILES string of the molecule is O=C1CCOCC1CC(O)CF. The molecule has 1 aliphatic heterocycles. The highest BCUT2D eigenvalue weighted by molar-refractivity contribution is 5.81. The molecule has 4 heteroatoms. The summed E-state index contributed by atoms with van der Waals surface area (Å²) in [5, 5.41) is 8.95. The third-order valence-electron chi connectivity index (χ3n) is 2.00. The first-order valence-corrected chi connectivity index (χ1v) is 4.08. The van der Waals surface area contributed by atoms with E-state index in [4.69, 9.17) is 9.84 Å². The van der Waals surface area contributed by atoms with Crippen LogP contribution in [0.1, 0.15) is 12.8 Å². The van der Waals surface area contributed by atoms with Gasteiger partial charge in [-0.2, -0.15) is 0 Å². The van der Waals surface area contributed by atoms with Gasteiger partial charge in [0.15, 0.2) is 0 Å². The van der Waals surface area contributed by atoms with Crippen LogP contribution in [-0.4, -0.2) is 36.9 Å². The van der Waals surface area contributed by atoms with Crippen LogP contribution < -0.4 is 0 Å². The highest BCUT2D eigenvalue weighted by atomic mass is 19.1. The number of rotatable bonds is 3. The van der Waals surface area contributed by atoms with Crippen molar-refractivity contribution in [3.63, 3.8) is 0 Å². The maximum Gasteiger partial charge on any atom is 0.140 e. The Morgan fingerprint density at radius 2 is 2.50 bits per heavy atom. The molecule has 12 heavy (non-hydrogen) atoms. The van der Waals surface area contributed by atoms with Crippen LogP contribution in [0.25, 0.3) is 0 Å². The number of aliphatic hydroxyl groups is 1. The van der Waals surface area contributed by atoms with Crippen molar-refractivity contribution in [3.8, 4) is 0 Å². The summed E-state index contributed by atoms with van der Waals surface area (Å²) >= 11 is 0. The van der Waals surface area contributed by atoms with Gasteiger partial charge in [0.25, 0.3) is 0 Å². The number of alkyl halides is 1. The molecule has 2 unspecified atom stereocenters. The summed E-state index contributed by atoms with van der Waals surface area (Å²) in [6.45, 7) is 0.000721. The molecule has 1 saturated heterocycles. The number of hydrogen-bond acceptors (Lipinski definition) is 3. The molecule has 1 fully saturated rings. The summed E-state index contributed by atoms with van der Waals surface area (Å²) in [5.74, 6) is -0.224. The van der Waals surface area contributed by atoms with E-state index in [1.165, 1.54) is 0 Å². The smallest absolute Gasteiger partial charge is 0.140 e. The van der Waals surface area contributed by atoms with Crippen molar-refractivity contribution in [1.82, 2.24) is 0 Å². The number of Topliss-reactive ketones (excluding diaryl/α,β-unsaturated/α-hetero) is 1. The van der Waals surface area contributed by atoms with Crippen molar-refractivity contribution in [1.29, 1.82) is 0 Å². The van der Waals surface area contributed by atoms with Gasteiger partial charge in [-0.1, -0.05) is 0 Å². The summed E-state index contributed by atoms with van der Waals surface area (Å²) in [6, 6.07) is 0. The lowest BCUT2D eigenvalue weighted by Gasteiger charge is -2.21. The van der Waals surface area contributed by atoms with E-state index < -0.39 is 12.8 Å². The van der Waals surface area contributed by atoms with E-state index in [0.29, 0.717) is 19.6 Å². The van der Waals surface area contributed by atoms with Gasteiger partial charge in [0, 0.05) is 12.3 Å². The third kappa shape index (κ3) is 2.53. The van der Waals surface area contributed by atoms with Gasteiger partial charge in [0.05, 0.1) is 19.3 Å². The van der Waals surface area contributed by atoms with Crippen LogP contribution >= 0.6 is 0 Å². The van der Waals surface area contributed by atoms with Gasteiger partial charge in [-0.25, -0.2) is 4.39 Å². The minimum absolute atomic E-state index is 0.0775. The molecule has 0 saturated carbocycles. The molecule has 2 atom stereocenters. The second kappa shape index (κ2) is 4.52. The van der Waals surface area contributed by atoms with Crippen LogP contribution in [0.3, 0.4) is 0 Å². The molecular formula is C8H13FO3. The van der Waals surface area contributed by atoms with E-state index >= 15 is 0 Å². The predicted octanol–water partition coefficient (Wildman–Crippen LogP) is 0.313. The zero-order chi connectivity index (χ0) is 8.97. The third-order valence-corrected chi connectivity index (χ3v) is 2.00. The van der Waals surface area contributed by atoms with Crippen LogP contribution in [0.15, 0.2) is 0 Å². The molecule has 3 nitrogen and oxygen atoms in total. The molecular weight excluding hydrogens is 163 g/mol. The molecule has 0 bridgehead atoms. The monoisotopic (exact) mass is 176 g/mol. The Kier molecular flexibility index (Phi) is 3.62. The summed E-state index contributed by atoms with van der Waals surface area (Å²) in [4.78, 5) is 11.1. The number of halogens is 1. The lowest BCUT2D eigenvalue weighted by Crippen LogP contribution is -2.31. The van der Waals surface area contributed by atoms with E-state index in [1.54, 1.807) is 0 Å². The van der Waals surface area contributed by atoms with E-state index in [9.17, 15) is 9.18 Å². The highest BCUT2D eigenvalue weighted by Crippen LogP contribution is 2.15. The Morgan fingerprint density at radius 3 is 3.08 bits per heavy atom. The van der Waals surface area contributed by atoms with Crippen molar-refractivity contribution in [2.45, 2.75) is 18.9 Å². The minimum Gasteiger partial charge on any atom is -0.390 e. The molecule has 0 spiro atoms. The Hall–Kier alpha value is -0.480. The van der Waals surface area contributed by atoms with Gasteiger partial charge in [-0.3, -0.25) is 4.79 Å². The van der Waals surface area contributed by atoms with Gasteiger partial charge in [0.1, 0.15) is 12.5 Å². The maximum atomic E-state index is 11.9. The first kappa shape index (κ1) is 9.61. The second-order valence-electron chi connectivity index (χ2n) is 3.03. The van der Waals surface area contributed by atoms with Gasteiger partial charge in [0.2, 0.25) is 0 Å². The number of hydrogen-bond donors (Lipinski definition) is 1. The molecule has 0 aliphatic carbocycles. The molecule has 1 aliphatic rings. The Bertz CT molecular complexity index is 160. The van der Waals surface area contributed by atoms with Crippen molar-refractivity contribution < 1.29 is 19.0 Å². The average Bonchev–Trinajstić information content (AvgIpc) is 2.09. The fraction of sp³-hybridized carbons (Fsp3) is 0.875. The van der Waals surface area contributed by atoms with Crippen LogP contribution in [-0.2, 0) is 9.53 Å². The van der Waals surface area contributed by atoms with Crippen LogP contribution in [0.4, 0.5) is 4.39 Å². The predicted molar refractivity (Wildman–Crippen MR) is 40.5 cm³/mol. The maximum absolute atomic E-state index is 11.9. The number of carbonyl (C=O) groups excluding carboxylic acids is 1. The molecule has 0 amide bonds. The topological polar surface area (TPSA) is 46.5 Å². The van der Waals surface area contributed by atoms with Crippen molar-refractivity contribution in [2.75, 3.05) is 19.9 Å². The molecule has 0 radical (unpaired) electrons. The van der Waals surface area contributed by atoms with Gasteiger partial charge in [-0.05, 0) is 6.42 Å². The van der Waals surface area contributed by atoms with Crippen molar-refractivity contribution >= 4 is 5.78 Å². The summed E-state index contributed by atoms with van der Waals surface area (Å²) in [5.41, 5.74) is 0. The fourth-order valence-corrected chi connectivity index (χ4v) is 1.29. The molecule has 0 aromatic rings. The number of carbonyl (C=O) groups is 1. The van der Waals surface area contributed by atoms with E-state index in [2.05, 4.69) is 0 Å². The number of ether oxygens (including phenoxy) is 1. The van der Waals surface area contributed by atoms with Crippen LogP contribution in [0.5, 0.6) is 0 Å². The van der Waals surface area contributed by atoms with Crippen LogP contribution in [0, 0.1) is 5.92 Å². The Morgan fingerprint density at radius 1 is 1.75 bits per heavy atom. The first-order chi connectivity index (χ1) is 5.74. The van der Waals surface area contributed by atoms with Gasteiger partial charge >= 0.3 is 0 Å². The molecule has 1 rings (SSSR count). The summed E-state index contributed by atoms with van der Waals surface area (Å²) in [7, 11) is 0. The van der Waals surface area contributed by atoms with Gasteiger partial charge in [-0.15, -0.1) is 0 Å². The largest absolute Gasteiger partial charge is 0.390 e. The molecule has 70 valence electrons. The lowest BCUT2D eigenvalue weighted by atomic mass is 9.94. The number of ketones is 1. The molecule has 0 aromatic heterocycles. The van der Waals surface area contributed by atoms with Crippen molar-refractivity contribution in [3.05, 3.63) is 0 Å². The highest BCUT2D eigenvalue weighted by Gasteiger charge is 2.25. The zero-order valence-corrected chi connectivity index (χ0v) is 6.83. The Labute approximate surface area is 70.5 Å². The molecule has 1 heterocycles. The van der Waals surface area contributed by atoms with E-state index in [-0.39, 0.29) is 18.1 Å². The van der Waals surface area contributed by atoms with Crippen molar-refractivity contribution in [2.24, 2.45) is 5.92 Å². The quantitative estimate of drug-likeness (QED) is 0.673. The van der Waals surface area contributed by atoms with E-state index in [0.717, 1.165) is 0 Å². The summed E-state index contributed by atoms with van der Waals surface area (Å²) < 4.78 is 16.9. The Balaban J connectivity index is 2.34. The molecule has 1 N–H and O–H groups in total.